The molecular weight excluding hydrogens is 354 g/mol. The molecule has 1 aliphatic rings. The molecule has 7 nitrogen and oxygen atoms in total. The Balaban J connectivity index is 1.80. The maximum absolute atomic E-state index is 12.0. The Morgan fingerprint density at radius 2 is 2.15 bits per heavy atom. The van der Waals surface area contributed by atoms with Crippen LogP contribution < -0.4 is 5.32 Å². The van der Waals surface area contributed by atoms with Crippen LogP contribution in [0.4, 0.5) is 5.69 Å². The number of thiocyanates is 1. The molecule has 8 heteroatoms. The molecule has 26 heavy (non-hydrogen) atoms. The minimum absolute atomic E-state index is 0.0464. The molecule has 1 aromatic carbocycles. The molecule has 0 bridgehead atoms. The van der Waals surface area contributed by atoms with Gasteiger partial charge in [-0.25, -0.2) is 0 Å². The van der Waals surface area contributed by atoms with E-state index >= 15 is 0 Å². The topological polar surface area (TPSA) is 99.5 Å². The van der Waals surface area contributed by atoms with Gasteiger partial charge in [0.05, 0.1) is 0 Å². The number of ether oxygens (including phenoxy) is 1. The molecule has 138 valence electrons. The average Bonchev–Trinajstić information content (AvgIpc) is 2.80. The Kier molecular flexibility index (Phi) is 7.48. The fourth-order valence-corrected chi connectivity index (χ4v) is 3.11. The Labute approximate surface area is 156 Å². The maximum atomic E-state index is 12.0. The number of likely N-dealkylation sites (tertiary alicyclic amines) is 1. The number of carbonyl (C=O) groups is 3. The monoisotopic (exact) mass is 375 g/mol. The lowest BCUT2D eigenvalue weighted by Crippen LogP contribution is -2.36. The van der Waals surface area contributed by atoms with Crippen molar-refractivity contribution in [1.29, 1.82) is 5.26 Å². The van der Waals surface area contributed by atoms with Gasteiger partial charge in [-0.3, -0.25) is 14.4 Å². The number of hydrogen-bond donors (Lipinski definition) is 1. The van der Waals surface area contributed by atoms with Crippen LogP contribution in [0.2, 0.25) is 0 Å². The molecular formula is C18H21N3O4S. The first-order valence-corrected chi connectivity index (χ1v) is 9.21. The highest BCUT2D eigenvalue weighted by molar-refractivity contribution is 8.03. The first-order chi connectivity index (χ1) is 12.5. The zero-order valence-electron chi connectivity index (χ0n) is 14.6. The number of carbonyl (C=O) groups excluding carboxylic acids is 3. The highest BCUT2D eigenvalue weighted by Gasteiger charge is 2.20. The van der Waals surface area contributed by atoms with Crippen LogP contribution in [0, 0.1) is 17.6 Å². The Morgan fingerprint density at radius 1 is 1.35 bits per heavy atom. The molecule has 2 rings (SSSR count). The van der Waals surface area contributed by atoms with Crippen molar-refractivity contribution in [2.75, 3.05) is 25.0 Å². The van der Waals surface area contributed by atoms with E-state index in [0.717, 1.165) is 41.5 Å². The predicted octanol–water partition coefficient (Wildman–Crippen LogP) is 2.45. The highest BCUT2D eigenvalue weighted by atomic mass is 32.2. The van der Waals surface area contributed by atoms with E-state index < -0.39 is 18.5 Å². The fraction of sp³-hybridized carbons (Fsp3) is 0.444. The Morgan fingerprint density at radius 3 is 2.88 bits per heavy atom. The second-order valence-corrected chi connectivity index (χ2v) is 6.86. The first kappa shape index (κ1) is 19.8. The molecule has 0 radical (unpaired) electrons. The minimum atomic E-state index is -0.590. The second-order valence-electron chi connectivity index (χ2n) is 6.00. The number of hydrogen-bond acceptors (Lipinski definition) is 6. The van der Waals surface area contributed by atoms with Crippen molar-refractivity contribution >= 4 is 35.2 Å². The molecule has 0 aromatic heterocycles. The molecule has 1 aromatic rings. The van der Waals surface area contributed by atoms with Crippen molar-refractivity contribution in [3.8, 4) is 5.40 Å². The molecule has 1 N–H and O–H groups in total. The summed E-state index contributed by atoms with van der Waals surface area (Å²) in [5, 5.41) is 13.3. The van der Waals surface area contributed by atoms with Crippen LogP contribution >= 0.6 is 11.8 Å². The molecule has 1 saturated heterocycles. The highest BCUT2D eigenvalue weighted by Crippen LogP contribution is 2.23. The van der Waals surface area contributed by atoms with Crippen molar-refractivity contribution in [1.82, 2.24) is 4.90 Å². The number of nitrogens with zero attached hydrogens (tertiary/aromatic N) is 2. The summed E-state index contributed by atoms with van der Waals surface area (Å²) in [4.78, 5) is 38.0. The van der Waals surface area contributed by atoms with Crippen LogP contribution in [0.15, 0.2) is 23.1 Å². The van der Waals surface area contributed by atoms with Gasteiger partial charge >= 0.3 is 5.97 Å². The summed E-state index contributed by atoms with van der Waals surface area (Å²) >= 11 is 1.04. The van der Waals surface area contributed by atoms with E-state index in [0.29, 0.717) is 18.7 Å². The molecule has 0 spiro atoms. The van der Waals surface area contributed by atoms with E-state index in [9.17, 15) is 14.4 Å². The van der Waals surface area contributed by atoms with Crippen LogP contribution in [0.3, 0.4) is 0 Å². The molecule has 0 aliphatic carbocycles. The number of amides is 2. The number of benzene rings is 1. The zero-order valence-corrected chi connectivity index (χ0v) is 15.4. The summed E-state index contributed by atoms with van der Waals surface area (Å²) in [5.74, 6) is -1.09. The molecule has 1 fully saturated rings. The maximum Gasteiger partial charge on any atom is 0.326 e. The molecule has 1 aliphatic heterocycles. The second kappa shape index (κ2) is 9.82. The van der Waals surface area contributed by atoms with Crippen LogP contribution in [-0.4, -0.2) is 42.4 Å². The van der Waals surface area contributed by atoms with Crippen molar-refractivity contribution in [3.63, 3.8) is 0 Å². The van der Waals surface area contributed by atoms with Crippen molar-refractivity contribution in [2.45, 2.75) is 37.5 Å². The fourth-order valence-electron chi connectivity index (χ4n) is 2.63. The average molecular weight is 375 g/mol. The quantitative estimate of drug-likeness (QED) is 0.466. The van der Waals surface area contributed by atoms with E-state index in [1.807, 2.05) is 12.3 Å². The van der Waals surface area contributed by atoms with Crippen molar-refractivity contribution < 1.29 is 19.1 Å². The van der Waals surface area contributed by atoms with E-state index in [-0.39, 0.29) is 12.5 Å². The van der Waals surface area contributed by atoms with Gasteiger partial charge in [0.15, 0.2) is 6.61 Å². The summed E-state index contributed by atoms with van der Waals surface area (Å²) in [5.41, 5.74) is 1.40. The van der Waals surface area contributed by atoms with Gasteiger partial charge in [-0.15, -0.1) is 0 Å². The third-order valence-corrected chi connectivity index (χ3v) is 4.57. The number of nitrogens with one attached hydrogen (secondary N) is 1. The summed E-state index contributed by atoms with van der Waals surface area (Å²) in [6.07, 6.45) is 3.15. The van der Waals surface area contributed by atoms with Crippen LogP contribution in [0.25, 0.3) is 0 Å². The van der Waals surface area contributed by atoms with Crippen LogP contribution in [-0.2, 0) is 19.1 Å². The number of anilines is 1. The van der Waals surface area contributed by atoms with Crippen molar-refractivity contribution in [3.05, 3.63) is 23.8 Å². The molecule has 0 saturated carbocycles. The summed E-state index contributed by atoms with van der Waals surface area (Å²) in [6.45, 7) is 1.83. The Bertz CT molecular complexity index is 730. The van der Waals surface area contributed by atoms with Gasteiger partial charge in [-0.2, -0.15) is 5.26 Å². The van der Waals surface area contributed by atoms with Gasteiger partial charge in [-0.1, -0.05) is 6.42 Å². The van der Waals surface area contributed by atoms with Gasteiger partial charge in [0.25, 0.3) is 5.91 Å². The summed E-state index contributed by atoms with van der Waals surface area (Å²) in [6, 6.07) is 5.22. The number of rotatable bonds is 6. The van der Waals surface area contributed by atoms with Gasteiger partial charge in [0, 0.05) is 23.5 Å². The molecule has 0 atom stereocenters. The van der Waals surface area contributed by atoms with E-state index in [1.54, 1.807) is 18.2 Å². The van der Waals surface area contributed by atoms with Crippen molar-refractivity contribution in [2.24, 2.45) is 0 Å². The number of aryl methyl sites for hydroxylation is 1. The molecule has 0 unspecified atom stereocenters. The lowest BCUT2D eigenvalue weighted by molar-refractivity contribution is -0.151. The summed E-state index contributed by atoms with van der Waals surface area (Å²) in [7, 11) is 0. The standard InChI is InChI=1S/C18H21N3O4S/c1-13-9-14(26-12-19)6-7-15(13)20-16(22)11-25-18(24)10-21-8-4-2-3-5-17(21)23/h6-7,9H,2-5,8,10-11H2,1H3,(H,20,22). The smallest absolute Gasteiger partial charge is 0.326 e. The van der Waals surface area contributed by atoms with Crippen LogP contribution in [0.1, 0.15) is 31.2 Å². The number of nitriles is 1. The number of thioether (sulfide) groups is 1. The predicted molar refractivity (Wildman–Crippen MR) is 97.3 cm³/mol. The minimum Gasteiger partial charge on any atom is -0.454 e. The van der Waals surface area contributed by atoms with E-state index in [2.05, 4.69) is 5.32 Å². The lowest BCUT2D eigenvalue weighted by Gasteiger charge is -2.19. The first-order valence-electron chi connectivity index (χ1n) is 8.39. The SMILES string of the molecule is Cc1cc(SC#N)ccc1NC(=O)COC(=O)CN1CCCCCC1=O. The third-order valence-electron chi connectivity index (χ3n) is 3.99. The van der Waals surface area contributed by atoms with Gasteiger partial charge in [0.2, 0.25) is 5.91 Å². The molecule has 2 amide bonds. The third kappa shape index (κ3) is 6.08. The van der Waals surface area contributed by atoms with Gasteiger partial charge in [0.1, 0.15) is 11.9 Å². The summed E-state index contributed by atoms with van der Waals surface area (Å²) < 4.78 is 4.98. The van der Waals surface area contributed by atoms with E-state index in [4.69, 9.17) is 10.00 Å². The number of esters is 1. The zero-order chi connectivity index (χ0) is 18.9. The van der Waals surface area contributed by atoms with Crippen LogP contribution in [0.5, 0.6) is 0 Å². The van der Waals surface area contributed by atoms with Gasteiger partial charge in [-0.05, 0) is 55.3 Å². The Hall–Kier alpha value is -2.53. The normalized spacial score (nSPS) is 14.3. The van der Waals surface area contributed by atoms with E-state index in [1.165, 1.54) is 4.90 Å². The largest absolute Gasteiger partial charge is 0.454 e. The van der Waals surface area contributed by atoms with Gasteiger partial charge < -0.3 is 15.0 Å². The molecule has 1 heterocycles. The lowest BCUT2D eigenvalue weighted by atomic mass is 10.2.